The maximum Gasteiger partial charge on any atom is 0.255 e. The zero-order valence-electron chi connectivity index (χ0n) is 17.7. The Hall–Kier alpha value is -3.97. The van der Waals surface area contributed by atoms with E-state index in [0.29, 0.717) is 35.0 Å². The van der Waals surface area contributed by atoms with Gasteiger partial charge in [-0.05, 0) is 48.9 Å². The molecule has 4 aromatic rings. The molecule has 4 rings (SSSR count). The number of fused-ring (bicyclic) bond motifs is 1. The summed E-state index contributed by atoms with van der Waals surface area (Å²) in [6, 6.07) is 20.1. The molecule has 7 nitrogen and oxygen atoms in total. The standard InChI is InChI=1S/C25H24N4O3/c1-2-12-32-23-14-22-21(13-18(23)15-30)24(27-16-26-22)28-19-8-10-20(11-9-19)29-25(31)17-6-4-3-5-7-17/h3-11,13-14,16,30H,2,12,15H2,1H3,(H,29,31)(H,26,27,28). The summed E-state index contributed by atoms with van der Waals surface area (Å²) < 4.78 is 5.74. The fourth-order valence-electron chi connectivity index (χ4n) is 3.26. The van der Waals surface area contributed by atoms with Crippen molar-refractivity contribution < 1.29 is 14.6 Å². The van der Waals surface area contributed by atoms with Crippen LogP contribution in [0.2, 0.25) is 0 Å². The first kappa shape index (κ1) is 21.3. The van der Waals surface area contributed by atoms with Gasteiger partial charge in [0.15, 0.2) is 0 Å². The molecule has 0 bridgehead atoms. The number of carbonyl (C=O) groups excluding carboxylic acids is 1. The summed E-state index contributed by atoms with van der Waals surface area (Å²) in [5.41, 5.74) is 3.50. The van der Waals surface area contributed by atoms with Gasteiger partial charge in [0.2, 0.25) is 0 Å². The molecule has 7 heteroatoms. The average Bonchev–Trinajstić information content (AvgIpc) is 2.84. The van der Waals surface area contributed by atoms with Crippen LogP contribution in [0.15, 0.2) is 73.1 Å². The number of benzene rings is 3. The van der Waals surface area contributed by atoms with E-state index >= 15 is 0 Å². The highest BCUT2D eigenvalue weighted by atomic mass is 16.5. The first-order valence-electron chi connectivity index (χ1n) is 10.4. The van der Waals surface area contributed by atoms with Crippen LogP contribution in [0.5, 0.6) is 5.75 Å². The summed E-state index contributed by atoms with van der Waals surface area (Å²) in [6.07, 6.45) is 2.36. The number of nitrogens with zero attached hydrogens (tertiary/aromatic N) is 2. The van der Waals surface area contributed by atoms with Gasteiger partial charge in [-0.25, -0.2) is 9.97 Å². The number of anilines is 3. The number of hydrogen-bond donors (Lipinski definition) is 3. The van der Waals surface area contributed by atoms with E-state index in [0.717, 1.165) is 23.0 Å². The molecule has 1 heterocycles. The minimum absolute atomic E-state index is 0.140. The van der Waals surface area contributed by atoms with Crippen LogP contribution in [0.1, 0.15) is 29.3 Å². The molecule has 0 spiro atoms. The number of nitrogens with one attached hydrogen (secondary N) is 2. The van der Waals surface area contributed by atoms with E-state index in [2.05, 4.69) is 20.6 Å². The molecule has 0 fully saturated rings. The molecule has 0 saturated heterocycles. The molecule has 3 N–H and O–H groups in total. The first-order valence-corrected chi connectivity index (χ1v) is 10.4. The van der Waals surface area contributed by atoms with Crippen LogP contribution < -0.4 is 15.4 Å². The molecule has 0 atom stereocenters. The number of rotatable bonds is 8. The molecular weight excluding hydrogens is 404 g/mol. The predicted octanol–water partition coefficient (Wildman–Crippen LogP) is 4.91. The van der Waals surface area contributed by atoms with Gasteiger partial charge in [-0.3, -0.25) is 4.79 Å². The van der Waals surface area contributed by atoms with Crippen molar-refractivity contribution in [3.63, 3.8) is 0 Å². The molecule has 1 amide bonds. The van der Waals surface area contributed by atoms with Gasteiger partial charge in [-0.2, -0.15) is 0 Å². The van der Waals surface area contributed by atoms with Crippen LogP contribution in [-0.4, -0.2) is 27.6 Å². The Morgan fingerprint density at radius 1 is 1.00 bits per heavy atom. The molecule has 0 saturated carbocycles. The van der Waals surface area contributed by atoms with Crippen LogP contribution in [0, 0.1) is 0 Å². The van der Waals surface area contributed by atoms with E-state index in [1.165, 1.54) is 6.33 Å². The van der Waals surface area contributed by atoms with Crippen molar-refractivity contribution in [2.45, 2.75) is 20.0 Å². The zero-order chi connectivity index (χ0) is 22.3. The first-order chi connectivity index (χ1) is 15.7. The maximum absolute atomic E-state index is 12.3. The fraction of sp³-hybridized carbons (Fsp3) is 0.160. The van der Waals surface area contributed by atoms with Gasteiger partial charge in [-0.15, -0.1) is 0 Å². The summed E-state index contributed by atoms with van der Waals surface area (Å²) in [4.78, 5) is 21.0. The largest absolute Gasteiger partial charge is 0.493 e. The van der Waals surface area contributed by atoms with E-state index in [-0.39, 0.29) is 12.5 Å². The monoisotopic (exact) mass is 428 g/mol. The molecular formula is C25H24N4O3. The van der Waals surface area contributed by atoms with Gasteiger partial charge in [0.25, 0.3) is 5.91 Å². The van der Waals surface area contributed by atoms with E-state index in [1.807, 2.05) is 61.5 Å². The van der Waals surface area contributed by atoms with Crippen molar-refractivity contribution in [3.05, 3.63) is 84.2 Å². The average molecular weight is 428 g/mol. The van der Waals surface area contributed by atoms with Crippen LogP contribution in [0.25, 0.3) is 10.9 Å². The number of aliphatic hydroxyl groups excluding tert-OH is 1. The lowest BCUT2D eigenvalue weighted by molar-refractivity contribution is 0.102. The Morgan fingerprint density at radius 2 is 1.75 bits per heavy atom. The minimum Gasteiger partial charge on any atom is -0.493 e. The van der Waals surface area contributed by atoms with Crippen LogP contribution in [0.4, 0.5) is 17.2 Å². The van der Waals surface area contributed by atoms with Crippen molar-refractivity contribution in [3.8, 4) is 5.75 Å². The Bertz CT molecular complexity index is 1210. The third-order valence-corrected chi connectivity index (χ3v) is 4.89. The molecule has 0 radical (unpaired) electrons. The summed E-state index contributed by atoms with van der Waals surface area (Å²) in [5.74, 6) is 1.09. The highest BCUT2D eigenvalue weighted by Gasteiger charge is 2.11. The zero-order valence-corrected chi connectivity index (χ0v) is 17.7. The molecule has 0 aliphatic carbocycles. The van der Waals surface area contributed by atoms with Gasteiger partial charge in [-0.1, -0.05) is 25.1 Å². The quantitative estimate of drug-likeness (QED) is 0.369. The Morgan fingerprint density at radius 3 is 2.47 bits per heavy atom. The highest BCUT2D eigenvalue weighted by Crippen LogP contribution is 2.30. The number of aromatic nitrogens is 2. The number of ether oxygens (including phenoxy) is 1. The number of amides is 1. The summed E-state index contributed by atoms with van der Waals surface area (Å²) >= 11 is 0. The fourth-order valence-corrected chi connectivity index (χ4v) is 3.26. The molecule has 0 unspecified atom stereocenters. The number of carbonyl (C=O) groups is 1. The lowest BCUT2D eigenvalue weighted by Crippen LogP contribution is -2.11. The van der Waals surface area contributed by atoms with Crippen molar-refractivity contribution in [2.75, 3.05) is 17.2 Å². The lowest BCUT2D eigenvalue weighted by atomic mass is 10.1. The molecule has 3 aromatic carbocycles. The Kier molecular flexibility index (Phi) is 6.57. The third-order valence-electron chi connectivity index (χ3n) is 4.89. The van der Waals surface area contributed by atoms with E-state index in [9.17, 15) is 9.90 Å². The third kappa shape index (κ3) is 4.84. The van der Waals surface area contributed by atoms with Crippen molar-refractivity contribution in [2.24, 2.45) is 0 Å². The molecule has 0 aliphatic rings. The van der Waals surface area contributed by atoms with Gasteiger partial charge in [0.05, 0.1) is 18.7 Å². The topological polar surface area (TPSA) is 96.4 Å². The van der Waals surface area contributed by atoms with Crippen LogP contribution >= 0.6 is 0 Å². The molecule has 162 valence electrons. The van der Waals surface area contributed by atoms with Crippen molar-refractivity contribution in [1.29, 1.82) is 0 Å². The van der Waals surface area contributed by atoms with Crippen molar-refractivity contribution in [1.82, 2.24) is 9.97 Å². The van der Waals surface area contributed by atoms with Crippen LogP contribution in [0.3, 0.4) is 0 Å². The Labute approximate surface area is 186 Å². The summed E-state index contributed by atoms with van der Waals surface area (Å²) in [6.45, 7) is 2.46. The highest BCUT2D eigenvalue weighted by molar-refractivity contribution is 6.04. The smallest absolute Gasteiger partial charge is 0.255 e. The minimum atomic E-state index is -0.161. The number of aliphatic hydroxyl groups is 1. The van der Waals surface area contributed by atoms with Gasteiger partial charge >= 0.3 is 0 Å². The molecule has 0 aliphatic heterocycles. The Balaban J connectivity index is 1.53. The lowest BCUT2D eigenvalue weighted by Gasteiger charge is -2.13. The molecule has 1 aromatic heterocycles. The van der Waals surface area contributed by atoms with Crippen molar-refractivity contribution >= 4 is 34.0 Å². The normalized spacial score (nSPS) is 10.7. The number of hydrogen-bond acceptors (Lipinski definition) is 6. The van der Waals surface area contributed by atoms with Crippen LogP contribution in [-0.2, 0) is 6.61 Å². The van der Waals surface area contributed by atoms with E-state index in [1.54, 1.807) is 12.1 Å². The summed E-state index contributed by atoms with van der Waals surface area (Å²) in [7, 11) is 0. The summed E-state index contributed by atoms with van der Waals surface area (Å²) in [5, 5.41) is 16.7. The van der Waals surface area contributed by atoms with Gasteiger partial charge in [0.1, 0.15) is 17.9 Å². The predicted molar refractivity (Wildman–Crippen MR) is 125 cm³/mol. The second-order valence-corrected chi connectivity index (χ2v) is 7.23. The van der Waals surface area contributed by atoms with Gasteiger partial charge in [0, 0.05) is 34.0 Å². The maximum atomic E-state index is 12.3. The molecule has 32 heavy (non-hydrogen) atoms. The van der Waals surface area contributed by atoms with Gasteiger partial charge < -0.3 is 20.5 Å². The van der Waals surface area contributed by atoms with E-state index in [4.69, 9.17) is 4.74 Å². The SMILES string of the molecule is CCCOc1cc2ncnc(Nc3ccc(NC(=O)c4ccccc4)cc3)c2cc1CO. The second-order valence-electron chi connectivity index (χ2n) is 7.23. The second kappa shape index (κ2) is 9.89. The van der Waals surface area contributed by atoms with E-state index < -0.39 is 0 Å².